The van der Waals surface area contributed by atoms with E-state index in [1.807, 2.05) is 0 Å². The Morgan fingerprint density at radius 2 is 2.00 bits per heavy atom. The first-order valence-corrected chi connectivity index (χ1v) is 9.88. The second-order valence-electron chi connectivity index (χ2n) is 9.46. The molecule has 0 spiro atoms. The molecule has 5 unspecified atom stereocenters. The van der Waals surface area contributed by atoms with Crippen LogP contribution in [0.3, 0.4) is 0 Å². The molecule has 0 aromatic carbocycles. The molecule has 4 rings (SSSR count). The van der Waals surface area contributed by atoms with Crippen LogP contribution >= 0.6 is 0 Å². The summed E-state index contributed by atoms with van der Waals surface area (Å²) in [5.41, 5.74) is 0.911. The van der Waals surface area contributed by atoms with Crippen LogP contribution in [0.5, 0.6) is 0 Å². The lowest BCUT2D eigenvalue weighted by molar-refractivity contribution is -0.125. The molecule has 4 aliphatic carbocycles. The quantitative estimate of drug-likeness (QED) is 0.787. The molecule has 0 aromatic heterocycles. The molecule has 0 heterocycles. The molecule has 7 atom stereocenters. The van der Waals surface area contributed by atoms with Gasteiger partial charge >= 0.3 is 0 Å². The highest BCUT2D eigenvalue weighted by atomic mass is 16.3. The SMILES string of the molecule is CC(=O)[C@H]1CCC2CC3CCC4=CC(=O)C=C[C@]4(C)C3C(O)CC21C. The molecular weight excluding hydrogens is 312 g/mol. The van der Waals surface area contributed by atoms with Crippen molar-refractivity contribution in [2.75, 3.05) is 0 Å². The standard InChI is InChI=1S/C22H30O3/c1-13(23)18-7-6-15-10-14-4-5-16-11-17(24)8-9-21(16,2)20(14)19(25)12-22(15,18)3/h8-9,11,14-15,18-20,25H,4-7,10,12H2,1-3H3/t14?,15?,18-,19?,20?,21+,22?/m1/s1. The molecule has 0 bridgehead atoms. The molecule has 3 saturated carbocycles. The summed E-state index contributed by atoms with van der Waals surface area (Å²) < 4.78 is 0. The lowest BCUT2D eigenvalue weighted by Crippen LogP contribution is -2.45. The van der Waals surface area contributed by atoms with Gasteiger partial charge in [0.25, 0.3) is 0 Å². The maximum Gasteiger partial charge on any atom is 0.178 e. The summed E-state index contributed by atoms with van der Waals surface area (Å²) in [5, 5.41) is 11.3. The third-order valence-corrected chi connectivity index (χ3v) is 8.26. The predicted molar refractivity (Wildman–Crippen MR) is 96.8 cm³/mol. The molecule has 0 amide bonds. The third-order valence-electron chi connectivity index (χ3n) is 8.26. The lowest BCUT2D eigenvalue weighted by Gasteiger charge is -2.49. The van der Waals surface area contributed by atoms with Crippen LogP contribution in [0.4, 0.5) is 0 Å². The van der Waals surface area contributed by atoms with Crippen molar-refractivity contribution in [2.45, 2.75) is 65.4 Å². The lowest BCUT2D eigenvalue weighted by atomic mass is 9.56. The first kappa shape index (κ1) is 17.2. The molecule has 0 aromatic rings. The number of fused-ring (bicyclic) bond motifs is 4. The highest BCUT2D eigenvalue weighted by molar-refractivity contribution is 6.01. The van der Waals surface area contributed by atoms with Gasteiger partial charge in [-0.05, 0) is 74.9 Å². The van der Waals surface area contributed by atoms with Gasteiger partial charge in [-0.2, -0.15) is 0 Å². The predicted octanol–water partition coefficient (Wildman–Crippen LogP) is 3.86. The van der Waals surface area contributed by atoms with Crippen LogP contribution in [0.25, 0.3) is 0 Å². The average molecular weight is 342 g/mol. The van der Waals surface area contributed by atoms with Crippen LogP contribution in [-0.2, 0) is 9.59 Å². The van der Waals surface area contributed by atoms with Crippen LogP contribution in [0.2, 0.25) is 0 Å². The van der Waals surface area contributed by atoms with Crippen molar-refractivity contribution >= 4 is 11.6 Å². The fourth-order valence-electron chi connectivity index (χ4n) is 7.01. The van der Waals surface area contributed by atoms with Crippen molar-refractivity contribution in [2.24, 2.45) is 34.5 Å². The first-order valence-electron chi connectivity index (χ1n) is 9.88. The normalized spacial score (nSPS) is 48.9. The average Bonchev–Trinajstić information content (AvgIpc) is 2.78. The van der Waals surface area contributed by atoms with Gasteiger partial charge in [0.05, 0.1) is 6.10 Å². The van der Waals surface area contributed by atoms with Crippen LogP contribution < -0.4 is 0 Å². The summed E-state index contributed by atoms with van der Waals surface area (Å²) in [6, 6.07) is 0. The zero-order valence-electron chi connectivity index (χ0n) is 15.6. The van der Waals surface area contributed by atoms with Crippen molar-refractivity contribution < 1.29 is 14.7 Å². The molecule has 0 radical (unpaired) electrons. The number of carbonyl (C=O) groups is 2. The number of aliphatic hydroxyl groups is 1. The summed E-state index contributed by atoms with van der Waals surface area (Å²) in [7, 11) is 0. The number of carbonyl (C=O) groups excluding carboxylic acids is 2. The zero-order chi connectivity index (χ0) is 18.0. The van der Waals surface area contributed by atoms with Crippen molar-refractivity contribution in [1.29, 1.82) is 0 Å². The monoisotopic (exact) mass is 342 g/mol. The van der Waals surface area contributed by atoms with E-state index in [-0.39, 0.29) is 34.2 Å². The topological polar surface area (TPSA) is 54.4 Å². The van der Waals surface area contributed by atoms with E-state index in [0.717, 1.165) is 32.1 Å². The largest absolute Gasteiger partial charge is 0.393 e. The van der Waals surface area contributed by atoms with E-state index in [9.17, 15) is 14.7 Å². The van der Waals surface area contributed by atoms with Gasteiger partial charge in [0.2, 0.25) is 0 Å². The summed E-state index contributed by atoms with van der Waals surface area (Å²) >= 11 is 0. The third kappa shape index (κ3) is 2.42. The van der Waals surface area contributed by atoms with Crippen LogP contribution in [0.1, 0.15) is 59.3 Å². The molecule has 136 valence electrons. The Bertz CT molecular complexity index is 675. The van der Waals surface area contributed by atoms with Crippen molar-refractivity contribution in [3.05, 3.63) is 23.8 Å². The van der Waals surface area contributed by atoms with Crippen LogP contribution in [0, 0.1) is 34.5 Å². The van der Waals surface area contributed by atoms with E-state index in [4.69, 9.17) is 0 Å². The van der Waals surface area contributed by atoms with E-state index in [2.05, 4.69) is 19.9 Å². The minimum absolute atomic E-state index is 0.0724. The maximum absolute atomic E-state index is 12.2. The number of ketones is 2. The maximum atomic E-state index is 12.2. The van der Waals surface area contributed by atoms with Gasteiger partial charge in [-0.25, -0.2) is 0 Å². The van der Waals surface area contributed by atoms with E-state index >= 15 is 0 Å². The molecular formula is C22H30O3. The fourth-order valence-corrected chi connectivity index (χ4v) is 7.01. The Hall–Kier alpha value is -1.22. The Kier molecular flexibility index (Phi) is 3.88. The summed E-state index contributed by atoms with van der Waals surface area (Å²) in [6.45, 7) is 6.17. The van der Waals surface area contributed by atoms with Gasteiger partial charge in [0.15, 0.2) is 5.78 Å². The second-order valence-corrected chi connectivity index (χ2v) is 9.46. The zero-order valence-corrected chi connectivity index (χ0v) is 15.6. The van der Waals surface area contributed by atoms with Crippen molar-refractivity contribution in [3.8, 4) is 0 Å². The first-order chi connectivity index (χ1) is 11.8. The summed E-state index contributed by atoms with van der Waals surface area (Å²) in [5.74, 6) is 1.64. The summed E-state index contributed by atoms with van der Waals surface area (Å²) in [6.07, 6.45) is 11.1. The van der Waals surface area contributed by atoms with Gasteiger partial charge in [0.1, 0.15) is 5.78 Å². The minimum atomic E-state index is -0.411. The van der Waals surface area contributed by atoms with Crippen molar-refractivity contribution in [1.82, 2.24) is 0 Å². The fraction of sp³-hybridized carbons (Fsp3) is 0.727. The number of Topliss-reactive ketones (excluding diaryl/α,β-unsaturated/α-hetero) is 1. The van der Waals surface area contributed by atoms with Gasteiger partial charge < -0.3 is 5.11 Å². The molecule has 0 aliphatic heterocycles. The molecule has 3 nitrogen and oxygen atoms in total. The van der Waals surface area contributed by atoms with Gasteiger partial charge in [-0.15, -0.1) is 0 Å². The van der Waals surface area contributed by atoms with Crippen molar-refractivity contribution in [3.63, 3.8) is 0 Å². The highest BCUT2D eigenvalue weighted by Crippen LogP contribution is 2.62. The van der Waals surface area contributed by atoms with E-state index in [0.29, 0.717) is 18.3 Å². The Morgan fingerprint density at radius 3 is 2.72 bits per heavy atom. The Labute approximate surface area is 150 Å². The minimum Gasteiger partial charge on any atom is -0.393 e. The molecule has 3 fully saturated rings. The molecule has 0 saturated heterocycles. The molecule has 1 N–H and O–H groups in total. The van der Waals surface area contributed by atoms with Gasteiger partial charge in [-0.3, -0.25) is 9.59 Å². The van der Waals surface area contributed by atoms with Gasteiger partial charge in [0, 0.05) is 17.3 Å². The highest BCUT2D eigenvalue weighted by Gasteiger charge is 2.57. The van der Waals surface area contributed by atoms with Crippen LogP contribution in [0.15, 0.2) is 23.8 Å². The Morgan fingerprint density at radius 1 is 1.24 bits per heavy atom. The van der Waals surface area contributed by atoms with E-state index < -0.39 is 6.10 Å². The van der Waals surface area contributed by atoms with Crippen LogP contribution in [-0.4, -0.2) is 22.8 Å². The second kappa shape index (κ2) is 5.64. The number of hydrogen-bond acceptors (Lipinski definition) is 3. The van der Waals surface area contributed by atoms with E-state index in [1.165, 1.54) is 5.57 Å². The molecule has 4 aliphatic rings. The van der Waals surface area contributed by atoms with E-state index in [1.54, 1.807) is 19.1 Å². The number of rotatable bonds is 1. The van der Waals surface area contributed by atoms with Gasteiger partial charge in [-0.1, -0.05) is 25.5 Å². The molecule has 3 heteroatoms. The smallest absolute Gasteiger partial charge is 0.178 e. The summed E-state index contributed by atoms with van der Waals surface area (Å²) in [4.78, 5) is 24.1. The number of aliphatic hydroxyl groups excluding tert-OH is 1. The number of hydrogen-bond donors (Lipinski definition) is 1. The number of allylic oxidation sites excluding steroid dienone is 4. The Balaban J connectivity index is 1.72. The molecule has 25 heavy (non-hydrogen) atoms.